The summed E-state index contributed by atoms with van der Waals surface area (Å²) in [6, 6.07) is 9.23. The molecule has 2 aliphatic rings. The van der Waals surface area contributed by atoms with Gasteiger partial charge in [0.15, 0.2) is 5.71 Å². The Kier molecular flexibility index (Phi) is 13.5. The number of fused-ring (bicyclic) bond motifs is 2. The number of nitrogens with one attached hydrogen (secondary N) is 1. The summed E-state index contributed by atoms with van der Waals surface area (Å²) in [5, 5.41) is 3.00. The summed E-state index contributed by atoms with van der Waals surface area (Å²) in [4.78, 5) is 14.0. The Labute approximate surface area is 309 Å². The van der Waals surface area contributed by atoms with Gasteiger partial charge in [-0.3, -0.25) is 9.35 Å². The normalized spacial score (nSPS) is 17.5. The summed E-state index contributed by atoms with van der Waals surface area (Å²) in [6.45, 7) is 12.8. The van der Waals surface area contributed by atoms with Gasteiger partial charge in [-0.15, -0.1) is 0 Å². The van der Waals surface area contributed by atoms with E-state index in [1.165, 1.54) is 18.2 Å². The summed E-state index contributed by atoms with van der Waals surface area (Å²) >= 11 is 0. The van der Waals surface area contributed by atoms with E-state index in [1.807, 2.05) is 65.0 Å². The fourth-order valence-electron chi connectivity index (χ4n) is 7.24. The van der Waals surface area contributed by atoms with Gasteiger partial charge in [0.25, 0.3) is 10.1 Å². The average Bonchev–Trinajstić information content (AvgIpc) is 3.42. The number of rotatable bonds is 18. The highest BCUT2D eigenvalue weighted by Gasteiger charge is 2.45. The number of allylic oxidation sites excluding steroid dienone is 6. The van der Waals surface area contributed by atoms with Crippen molar-refractivity contribution in [1.29, 1.82) is 0 Å². The van der Waals surface area contributed by atoms with Gasteiger partial charge in [0.2, 0.25) is 11.6 Å². The number of anilines is 1. The van der Waals surface area contributed by atoms with Crippen LogP contribution in [-0.2, 0) is 35.9 Å². The molecule has 4 rings (SSSR count). The highest BCUT2D eigenvalue weighted by molar-refractivity contribution is 7.86. The van der Waals surface area contributed by atoms with Gasteiger partial charge >= 0.3 is 0 Å². The molecule has 2 aromatic carbocycles. The molecule has 0 saturated carbocycles. The monoisotopic (exact) mass is 754 g/mol. The molecule has 0 aromatic heterocycles. The van der Waals surface area contributed by atoms with Crippen LogP contribution in [-0.4, -0.2) is 68.3 Å². The van der Waals surface area contributed by atoms with Crippen molar-refractivity contribution in [2.75, 3.05) is 31.1 Å². The molecule has 0 spiro atoms. The molecule has 4 N–H and O–H groups in total. The van der Waals surface area contributed by atoms with Gasteiger partial charge in [-0.2, -0.15) is 13.0 Å². The highest BCUT2D eigenvalue weighted by atomic mass is 32.2. The third-order valence-corrected chi connectivity index (χ3v) is 11.8. The van der Waals surface area contributed by atoms with E-state index in [0.29, 0.717) is 32.6 Å². The van der Waals surface area contributed by atoms with Gasteiger partial charge in [0, 0.05) is 60.4 Å². The molecule has 0 bridgehead atoms. The van der Waals surface area contributed by atoms with Crippen LogP contribution in [0.25, 0.3) is 0 Å². The number of unbranched alkanes of at least 4 members (excludes halogenated alkanes) is 5. The van der Waals surface area contributed by atoms with Crippen LogP contribution in [0.3, 0.4) is 0 Å². The van der Waals surface area contributed by atoms with Gasteiger partial charge in [-0.25, -0.2) is 8.42 Å². The van der Waals surface area contributed by atoms with E-state index in [2.05, 4.69) is 14.8 Å². The molecule has 0 atom stereocenters. The van der Waals surface area contributed by atoms with Gasteiger partial charge in [-0.1, -0.05) is 44.9 Å². The van der Waals surface area contributed by atoms with Crippen LogP contribution in [0.5, 0.6) is 0 Å². The summed E-state index contributed by atoms with van der Waals surface area (Å²) in [7, 11) is -8.98. The fourth-order valence-corrected chi connectivity index (χ4v) is 8.24. The number of likely N-dealkylation sites (N-methyl/N-ethyl adjacent to an activating group) is 1. The van der Waals surface area contributed by atoms with E-state index in [0.717, 1.165) is 78.9 Å². The van der Waals surface area contributed by atoms with E-state index in [-0.39, 0.29) is 15.7 Å². The summed E-state index contributed by atoms with van der Waals surface area (Å²) in [6.07, 6.45) is 16.8. The Morgan fingerprint density at radius 1 is 0.885 bits per heavy atom. The van der Waals surface area contributed by atoms with Crippen LogP contribution in [0.1, 0.15) is 97.1 Å². The van der Waals surface area contributed by atoms with Crippen molar-refractivity contribution in [3.63, 3.8) is 0 Å². The van der Waals surface area contributed by atoms with Crippen LogP contribution in [0.15, 0.2) is 82.3 Å². The molecule has 2 aliphatic heterocycles. The molecule has 11 nitrogen and oxygen atoms in total. The molecule has 13 heteroatoms. The van der Waals surface area contributed by atoms with Crippen molar-refractivity contribution in [2.24, 2.45) is 5.73 Å². The zero-order valence-electron chi connectivity index (χ0n) is 31.0. The van der Waals surface area contributed by atoms with Crippen molar-refractivity contribution < 1.29 is 35.3 Å². The van der Waals surface area contributed by atoms with Crippen molar-refractivity contribution in [3.05, 3.63) is 83.6 Å². The largest absolute Gasteiger partial charge is 0.744 e. The first-order valence-electron chi connectivity index (χ1n) is 18.1. The van der Waals surface area contributed by atoms with E-state index in [9.17, 15) is 30.7 Å². The molecule has 0 fully saturated rings. The SMILES string of the molecule is CCN1\C(=C/C=C/C=C/C2=[N+](CCCCCC(=O)NCCCCCCN)c3ccc(S(=O)(=O)O)cc3C2(C)C)C(C)(C)c2cc(S(=O)(=O)[O-])ccc21. The van der Waals surface area contributed by atoms with E-state index in [1.54, 1.807) is 18.2 Å². The molecule has 2 heterocycles. The van der Waals surface area contributed by atoms with Gasteiger partial charge in [0.1, 0.15) is 16.7 Å². The van der Waals surface area contributed by atoms with Crippen LogP contribution in [0.4, 0.5) is 11.4 Å². The minimum absolute atomic E-state index is 0.0632. The first kappa shape index (κ1) is 41.1. The maximum absolute atomic E-state index is 12.3. The van der Waals surface area contributed by atoms with Crippen LogP contribution in [0, 0.1) is 0 Å². The minimum Gasteiger partial charge on any atom is -0.744 e. The lowest BCUT2D eigenvalue weighted by atomic mass is 9.81. The fraction of sp³-hybridized carbons (Fsp3) is 0.487. The van der Waals surface area contributed by atoms with E-state index >= 15 is 0 Å². The van der Waals surface area contributed by atoms with Gasteiger partial charge in [-0.05, 0) is 95.0 Å². The topological polar surface area (TPSA) is 173 Å². The standard InChI is InChI=1S/C39H54N4O7S2/c1-6-42-33-22-20-29(51(45,46)47)27-31(33)38(2,3)35(42)17-11-9-12-18-36-39(4,5)32-28-30(52(48,49)50)21-23-34(32)43(36)26-16-10-13-19-37(44)41-25-15-8-7-14-24-40/h9,11-12,17-18,20-23,27-28H,6-8,10,13-16,19,24-26,40H2,1-5H3,(H2-,41,44,45,46,47,48,49,50). The second-order valence-electron chi connectivity index (χ2n) is 14.5. The van der Waals surface area contributed by atoms with Crippen molar-refractivity contribution in [3.8, 4) is 0 Å². The number of nitrogens with two attached hydrogens (primary N) is 1. The third kappa shape index (κ3) is 9.48. The number of hydrogen-bond acceptors (Lipinski definition) is 8. The minimum atomic E-state index is -4.59. The lowest BCUT2D eigenvalue weighted by Crippen LogP contribution is -2.28. The Bertz CT molecular complexity index is 1980. The second-order valence-corrected chi connectivity index (χ2v) is 17.3. The second kappa shape index (κ2) is 17.0. The van der Waals surface area contributed by atoms with Crippen LogP contribution >= 0.6 is 0 Å². The maximum Gasteiger partial charge on any atom is 0.294 e. The molecule has 0 unspecified atom stereocenters. The number of nitrogens with zero attached hydrogens (tertiary/aromatic N) is 2. The summed E-state index contributed by atoms with van der Waals surface area (Å²) in [5.74, 6) is 0.0632. The number of hydrogen-bond donors (Lipinski definition) is 3. The smallest absolute Gasteiger partial charge is 0.294 e. The Balaban J connectivity index is 1.51. The van der Waals surface area contributed by atoms with Gasteiger partial charge < -0.3 is 20.5 Å². The first-order valence-corrected chi connectivity index (χ1v) is 21.0. The molecule has 0 aliphatic carbocycles. The summed E-state index contributed by atoms with van der Waals surface area (Å²) in [5.41, 5.74) is 9.66. The van der Waals surface area contributed by atoms with E-state index in [4.69, 9.17) is 5.73 Å². The Hall–Kier alpha value is -3.62. The molecular weight excluding hydrogens is 701 g/mol. The predicted molar refractivity (Wildman–Crippen MR) is 205 cm³/mol. The molecule has 284 valence electrons. The first-order chi connectivity index (χ1) is 24.4. The zero-order valence-corrected chi connectivity index (χ0v) is 32.7. The van der Waals surface area contributed by atoms with Crippen LogP contribution in [0.2, 0.25) is 0 Å². The summed E-state index contributed by atoms with van der Waals surface area (Å²) < 4.78 is 71.3. The quantitative estimate of drug-likeness (QED) is 0.0691. The number of benzene rings is 2. The third-order valence-electron chi connectivity index (χ3n) is 10.1. The van der Waals surface area contributed by atoms with Crippen molar-refractivity contribution in [1.82, 2.24) is 5.32 Å². The van der Waals surface area contributed by atoms with Crippen LogP contribution < -0.4 is 16.0 Å². The molecular formula is C39H54N4O7S2. The Morgan fingerprint density at radius 3 is 2.23 bits per heavy atom. The number of carbonyl (C=O) groups is 1. The Morgan fingerprint density at radius 2 is 1.56 bits per heavy atom. The predicted octanol–water partition coefficient (Wildman–Crippen LogP) is 6.22. The van der Waals surface area contributed by atoms with Gasteiger partial charge in [0.05, 0.1) is 15.2 Å². The molecule has 2 aromatic rings. The molecule has 52 heavy (non-hydrogen) atoms. The van der Waals surface area contributed by atoms with Crippen molar-refractivity contribution >= 4 is 43.2 Å². The lowest BCUT2D eigenvalue weighted by molar-refractivity contribution is -0.438. The van der Waals surface area contributed by atoms with E-state index < -0.39 is 31.1 Å². The lowest BCUT2D eigenvalue weighted by Gasteiger charge is -2.25. The molecule has 0 radical (unpaired) electrons. The maximum atomic E-state index is 12.3. The highest BCUT2D eigenvalue weighted by Crippen LogP contribution is 2.48. The zero-order chi connectivity index (χ0) is 38.3. The number of amides is 1. The molecule has 0 saturated heterocycles. The average molecular weight is 755 g/mol. The molecule has 1 amide bonds. The number of carbonyl (C=O) groups excluding carboxylic acids is 1. The van der Waals surface area contributed by atoms with Crippen molar-refractivity contribution in [2.45, 2.75) is 107 Å².